The summed E-state index contributed by atoms with van der Waals surface area (Å²) in [6.07, 6.45) is 1.06. The fraction of sp³-hybridized carbons (Fsp3) is 0.212. The molecule has 0 bridgehead atoms. The number of rotatable bonds is 12. The van der Waals surface area contributed by atoms with Crippen LogP contribution in [-0.4, -0.2) is 35.4 Å². The molecule has 0 fully saturated rings. The van der Waals surface area contributed by atoms with Crippen LogP contribution < -0.4 is 9.47 Å². The first-order chi connectivity index (χ1) is 19.0. The smallest absolute Gasteiger partial charge is 0.303 e. The molecule has 0 radical (unpaired) electrons. The Morgan fingerprint density at radius 3 is 1.33 bits per heavy atom. The van der Waals surface area contributed by atoms with Crippen molar-refractivity contribution in [3.05, 3.63) is 119 Å². The third-order valence-corrected chi connectivity index (χ3v) is 7.13. The molecular formula is C33H30O6. The number of carboxylic acid groups (broad SMARTS) is 2. The molecule has 0 saturated heterocycles. The Hall–Kier alpha value is -4.58. The Bertz CT molecular complexity index is 1340. The minimum atomic E-state index is -0.828. The number of carboxylic acids is 2. The molecule has 6 nitrogen and oxygen atoms in total. The van der Waals surface area contributed by atoms with Crippen molar-refractivity contribution in [2.45, 2.75) is 31.1 Å². The average Bonchev–Trinajstić information content (AvgIpc) is 3.25. The second-order valence-electron chi connectivity index (χ2n) is 9.58. The quantitative estimate of drug-likeness (QED) is 0.181. The molecule has 0 atom stereocenters. The highest BCUT2D eigenvalue weighted by atomic mass is 16.5. The molecule has 0 heterocycles. The van der Waals surface area contributed by atoms with E-state index >= 15 is 0 Å². The van der Waals surface area contributed by atoms with Gasteiger partial charge in [0.25, 0.3) is 0 Å². The van der Waals surface area contributed by atoms with E-state index in [9.17, 15) is 9.59 Å². The summed E-state index contributed by atoms with van der Waals surface area (Å²) in [4.78, 5) is 21.6. The van der Waals surface area contributed by atoms with E-state index in [-0.39, 0.29) is 12.8 Å². The predicted molar refractivity (Wildman–Crippen MR) is 148 cm³/mol. The van der Waals surface area contributed by atoms with Crippen LogP contribution >= 0.6 is 0 Å². The van der Waals surface area contributed by atoms with Gasteiger partial charge in [-0.1, -0.05) is 72.8 Å². The number of ether oxygens (including phenoxy) is 2. The van der Waals surface area contributed by atoms with E-state index in [4.69, 9.17) is 19.7 Å². The third kappa shape index (κ3) is 5.23. The lowest BCUT2D eigenvalue weighted by atomic mass is 9.68. The number of fused-ring (bicyclic) bond motifs is 3. The summed E-state index contributed by atoms with van der Waals surface area (Å²) in [5.41, 5.74) is 6.39. The van der Waals surface area contributed by atoms with Crippen LogP contribution in [0.5, 0.6) is 11.5 Å². The minimum Gasteiger partial charge on any atom is -0.494 e. The molecule has 0 aromatic heterocycles. The third-order valence-electron chi connectivity index (χ3n) is 7.13. The first-order valence-corrected chi connectivity index (χ1v) is 13.1. The van der Waals surface area contributed by atoms with E-state index in [1.807, 2.05) is 24.3 Å². The molecule has 1 aliphatic rings. The molecule has 6 heteroatoms. The Kier molecular flexibility index (Phi) is 7.64. The van der Waals surface area contributed by atoms with Gasteiger partial charge in [-0.05, 0) is 70.5 Å². The molecule has 5 rings (SSSR count). The first kappa shape index (κ1) is 26.0. The highest BCUT2D eigenvalue weighted by Crippen LogP contribution is 2.56. The van der Waals surface area contributed by atoms with Gasteiger partial charge in [0.05, 0.1) is 18.6 Å². The molecule has 4 aromatic rings. The number of carbonyl (C=O) groups is 2. The molecule has 0 unspecified atom stereocenters. The Morgan fingerprint density at radius 1 is 0.564 bits per heavy atom. The van der Waals surface area contributed by atoms with Gasteiger partial charge >= 0.3 is 11.9 Å². The molecule has 2 N–H and O–H groups in total. The van der Waals surface area contributed by atoms with Crippen LogP contribution in [0.4, 0.5) is 0 Å². The largest absolute Gasteiger partial charge is 0.494 e. The predicted octanol–water partition coefficient (Wildman–Crippen LogP) is 6.54. The fourth-order valence-electron chi connectivity index (χ4n) is 5.45. The lowest BCUT2D eigenvalue weighted by Crippen LogP contribution is -2.28. The van der Waals surface area contributed by atoms with Gasteiger partial charge in [-0.15, -0.1) is 0 Å². The normalized spacial score (nSPS) is 12.8. The van der Waals surface area contributed by atoms with Crippen LogP contribution in [0.2, 0.25) is 0 Å². The van der Waals surface area contributed by atoms with E-state index < -0.39 is 17.4 Å². The van der Waals surface area contributed by atoms with Crippen LogP contribution in [0, 0.1) is 0 Å². The van der Waals surface area contributed by atoms with Crippen molar-refractivity contribution in [1.29, 1.82) is 0 Å². The van der Waals surface area contributed by atoms with Gasteiger partial charge in [-0.3, -0.25) is 9.59 Å². The molecular weight excluding hydrogens is 492 g/mol. The van der Waals surface area contributed by atoms with E-state index in [0.29, 0.717) is 37.6 Å². The SMILES string of the molecule is O=C(O)CCCOc1ccc(C2(c3ccc(OCCCC(=O)O)cc3)c3ccccc3-c3ccccc32)cc1. The van der Waals surface area contributed by atoms with Crippen LogP contribution in [-0.2, 0) is 15.0 Å². The van der Waals surface area contributed by atoms with Crippen molar-refractivity contribution in [3.8, 4) is 22.6 Å². The first-order valence-electron chi connectivity index (χ1n) is 13.1. The zero-order valence-corrected chi connectivity index (χ0v) is 21.5. The lowest BCUT2D eigenvalue weighted by molar-refractivity contribution is -0.138. The summed E-state index contributed by atoms with van der Waals surface area (Å²) in [5.74, 6) is -0.259. The molecule has 0 amide bonds. The highest BCUT2D eigenvalue weighted by molar-refractivity contribution is 5.86. The molecule has 198 valence electrons. The molecule has 0 aliphatic heterocycles. The zero-order valence-electron chi connectivity index (χ0n) is 21.5. The molecule has 1 aliphatic carbocycles. The lowest BCUT2D eigenvalue weighted by Gasteiger charge is -2.34. The highest BCUT2D eigenvalue weighted by Gasteiger charge is 2.45. The topological polar surface area (TPSA) is 93.1 Å². The van der Waals surface area contributed by atoms with Crippen molar-refractivity contribution in [2.75, 3.05) is 13.2 Å². The van der Waals surface area contributed by atoms with Gasteiger partial charge in [0.2, 0.25) is 0 Å². The second kappa shape index (κ2) is 11.4. The fourth-order valence-corrected chi connectivity index (χ4v) is 5.45. The Morgan fingerprint density at radius 2 is 0.949 bits per heavy atom. The van der Waals surface area contributed by atoms with Crippen LogP contribution in [0.25, 0.3) is 11.1 Å². The minimum absolute atomic E-state index is 0.0774. The van der Waals surface area contributed by atoms with Crippen molar-refractivity contribution < 1.29 is 29.3 Å². The maximum atomic E-state index is 10.8. The summed E-state index contributed by atoms with van der Waals surface area (Å²) < 4.78 is 11.6. The van der Waals surface area contributed by atoms with Gasteiger partial charge < -0.3 is 19.7 Å². The molecule has 0 spiro atoms. The van der Waals surface area contributed by atoms with E-state index in [0.717, 1.165) is 11.1 Å². The Balaban J connectivity index is 1.52. The van der Waals surface area contributed by atoms with Crippen molar-refractivity contribution in [1.82, 2.24) is 0 Å². The Labute approximate surface area is 227 Å². The van der Waals surface area contributed by atoms with Gasteiger partial charge in [0.15, 0.2) is 0 Å². The summed E-state index contributed by atoms with van der Waals surface area (Å²) in [6, 6.07) is 33.1. The van der Waals surface area contributed by atoms with Crippen LogP contribution in [0.15, 0.2) is 97.1 Å². The average molecular weight is 523 g/mol. The zero-order chi connectivity index (χ0) is 27.2. The van der Waals surface area contributed by atoms with Gasteiger partial charge in [-0.25, -0.2) is 0 Å². The van der Waals surface area contributed by atoms with E-state index in [2.05, 4.69) is 72.8 Å². The summed E-state index contributed by atoms with van der Waals surface area (Å²) >= 11 is 0. The molecule has 0 saturated carbocycles. The van der Waals surface area contributed by atoms with Gasteiger partial charge in [-0.2, -0.15) is 0 Å². The van der Waals surface area contributed by atoms with Crippen LogP contribution in [0.1, 0.15) is 47.9 Å². The number of benzene rings is 4. The monoisotopic (exact) mass is 522 g/mol. The van der Waals surface area contributed by atoms with Crippen molar-refractivity contribution in [3.63, 3.8) is 0 Å². The maximum absolute atomic E-state index is 10.8. The summed E-state index contributed by atoms with van der Waals surface area (Å²) in [6.45, 7) is 0.687. The van der Waals surface area contributed by atoms with Gasteiger partial charge in [0, 0.05) is 12.8 Å². The second-order valence-corrected chi connectivity index (χ2v) is 9.58. The summed E-state index contributed by atoms with van der Waals surface area (Å²) in [7, 11) is 0. The van der Waals surface area contributed by atoms with Gasteiger partial charge in [0.1, 0.15) is 11.5 Å². The van der Waals surface area contributed by atoms with E-state index in [1.165, 1.54) is 22.3 Å². The summed E-state index contributed by atoms with van der Waals surface area (Å²) in [5, 5.41) is 17.7. The van der Waals surface area contributed by atoms with Crippen LogP contribution in [0.3, 0.4) is 0 Å². The number of aliphatic carboxylic acids is 2. The maximum Gasteiger partial charge on any atom is 0.303 e. The molecule has 39 heavy (non-hydrogen) atoms. The van der Waals surface area contributed by atoms with E-state index in [1.54, 1.807) is 0 Å². The standard InChI is InChI=1S/C33H30O6/c34-31(35)11-5-21-38-25-17-13-23(14-18-25)33(24-15-19-26(20-16-24)39-22-6-12-32(36)37)29-9-3-1-7-27(29)28-8-2-4-10-30(28)33/h1-4,7-10,13-20H,5-6,11-12,21-22H2,(H,34,35)(H,36,37). The number of hydrogen-bond donors (Lipinski definition) is 2. The van der Waals surface area contributed by atoms with Crippen molar-refractivity contribution >= 4 is 11.9 Å². The van der Waals surface area contributed by atoms with Crippen molar-refractivity contribution in [2.24, 2.45) is 0 Å². The number of hydrogen-bond acceptors (Lipinski definition) is 4. The molecule has 4 aromatic carbocycles.